The molecule has 1 unspecified atom stereocenters. The summed E-state index contributed by atoms with van der Waals surface area (Å²) in [7, 11) is 0. The molecule has 2 aromatic rings. The van der Waals surface area contributed by atoms with Gasteiger partial charge in [0, 0.05) is 11.8 Å². The van der Waals surface area contributed by atoms with Crippen molar-refractivity contribution < 1.29 is 4.74 Å². The molecule has 0 radical (unpaired) electrons. The van der Waals surface area contributed by atoms with Gasteiger partial charge in [0.15, 0.2) is 0 Å². The molecule has 2 heterocycles. The van der Waals surface area contributed by atoms with E-state index in [1.807, 2.05) is 18.3 Å². The lowest BCUT2D eigenvalue weighted by Gasteiger charge is -2.08. The van der Waals surface area contributed by atoms with Crippen molar-refractivity contribution in [3.8, 4) is 11.3 Å². The van der Waals surface area contributed by atoms with E-state index in [-0.39, 0.29) is 6.10 Å². The molecule has 1 aromatic carbocycles. The molecular weight excluding hydrogens is 210 g/mol. The maximum absolute atomic E-state index is 5.81. The Morgan fingerprint density at radius 1 is 1.24 bits per heavy atom. The monoisotopic (exact) mass is 225 g/mol. The molecule has 2 nitrogen and oxygen atoms in total. The Labute approximate surface area is 101 Å². The number of ether oxygens (including phenoxy) is 1. The van der Waals surface area contributed by atoms with E-state index in [0.717, 1.165) is 12.1 Å². The summed E-state index contributed by atoms with van der Waals surface area (Å²) in [6, 6.07) is 12.4. The van der Waals surface area contributed by atoms with Crippen molar-refractivity contribution >= 4 is 0 Å². The fourth-order valence-corrected chi connectivity index (χ4v) is 2.44. The van der Waals surface area contributed by atoms with Crippen LogP contribution in [0, 0.1) is 0 Å². The van der Waals surface area contributed by atoms with Crippen molar-refractivity contribution in [2.45, 2.75) is 26.1 Å². The Bertz CT molecular complexity index is 522. The summed E-state index contributed by atoms with van der Waals surface area (Å²) < 4.78 is 5.81. The smallest absolute Gasteiger partial charge is 0.0830 e. The van der Waals surface area contributed by atoms with Crippen molar-refractivity contribution in [1.82, 2.24) is 4.98 Å². The Kier molecular flexibility index (Phi) is 2.65. The molecule has 1 aliphatic rings. The zero-order valence-electron chi connectivity index (χ0n) is 9.89. The Hall–Kier alpha value is -1.67. The molecule has 2 heteroatoms. The van der Waals surface area contributed by atoms with Crippen LogP contribution in [0.15, 0.2) is 42.6 Å². The van der Waals surface area contributed by atoms with E-state index in [4.69, 9.17) is 4.74 Å². The highest BCUT2D eigenvalue weighted by Gasteiger charge is 2.24. The van der Waals surface area contributed by atoms with E-state index in [0.29, 0.717) is 6.61 Å². The molecule has 0 saturated heterocycles. The average molecular weight is 225 g/mol. The zero-order chi connectivity index (χ0) is 11.7. The largest absolute Gasteiger partial charge is 0.369 e. The van der Waals surface area contributed by atoms with Crippen LogP contribution in [0.3, 0.4) is 0 Å². The molecule has 0 spiro atoms. The quantitative estimate of drug-likeness (QED) is 0.777. The van der Waals surface area contributed by atoms with E-state index in [1.54, 1.807) is 0 Å². The van der Waals surface area contributed by atoms with Crippen LogP contribution in [-0.4, -0.2) is 4.98 Å². The van der Waals surface area contributed by atoms with Crippen LogP contribution in [0.25, 0.3) is 11.3 Å². The van der Waals surface area contributed by atoms with Gasteiger partial charge in [-0.3, -0.25) is 4.98 Å². The van der Waals surface area contributed by atoms with Crippen molar-refractivity contribution in [1.29, 1.82) is 0 Å². The lowest BCUT2D eigenvalue weighted by atomic mass is 9.97. The highest BCUT2D eigenvalue weighted by atomic mass is 16.5. The molecule has 0 aliphatic carbocycles. The molecule has 0 bridgehead atoms. The number of aromatic nitrogens is 1. The van der Waals surface area contributed by atoms with Gasteiger partial charge in [-0.1, -0.05) is 31.2 Å². The first-order valence-electron chi connectivity index (χ1n) is 6.05. The van der Waals surface area contributed by atoms with Gasteiger partial charge in [-0.2, -0.15) is 0 Å². The van der Waals surface area contributed by atoms with E-state index >= 15 is 0 Å². The van der Waals surface area contributed by atoms with Gasteiger partial charge in [0.2, 0.25) is 0 Å². The molecule has 1 atom stereocenters. The minimum absolute atomic E-state index is 0.258. The normalized spacial score (nSPS) is 18.1. The van der Waals surface area contributed by atoms with Crippen LogP contribution in [-0.2, 0) is 11.3 Å². The lowest BCUT2D eigenvalue weighted by molar-refractivity contribution is 0.0637. The fraction of sp³-hybridized carbons (Fsp3) is 0.267. The third-order valence-corrected chi connectivity index (χ3v) is 3.30. The summed E-state index contributed by atoms with van der Waals surface area (Å²) in [6.07, 6.45) is 3.12. The van der Waals surface area contributed by atoms with E-state index in [2.05, 4.69) is 36.2 Å². The fourth-order valence-electron chi connectivity index (χ4n) is 2.44. The maximum atomic E-state index is 5.81. The van der Waals surface area contributed by atoms with Gasteiger partial charge in [-0.15, -0.1) is 0 Å². The third kappa shape index (κ3) is 1.75. The van der Waals surface area contributed by atoms with E-state index < -0.39 is 0 Å². The summed E-state index contributed by atoms with van der Waals surface area (Å²) in [5.74, 6) is 0. The van der Waals surface area contributed by atoms with Crippen LogP contribution in [0.2, 0.25) is 0 Å². The van der Waals surface area contributed by atoms with Crippen LogP contribution >= 0.6 is 0 Å². The van der Waals surface area contributed by atoms with Gasteiger partial charge < -0.3 is 4.74 Å². The van der Waals surface area contributed by atoms with Gasteiger partial charge in [0.05, 0.1) is 18.4 Å². The Balaban J connectivity index is 2.12. The molecule has 0 saturated carbocycles. The third-order valence-electron chi connectivity index (χ3n) is 3.30. The van der Waals surface area contributed by atoms with Gasteiger partial charge in [-0.25, -0.2) is 0 Å². The summed E-state index contributed by atoms with van der Waals surface area (Å²) in [5.41, 5.74) is 4.87. The van der Waals surface area contributed by atoms with Crippen LogP contribution < -0.4 is 0 Å². The molecule has 0 fully saturated rings. The van der Waals surface area contributed by atoms with Crippen LogP contribution in [0.1, 0.15) is 30.6 Å². The van der Waals surface area contributed by atoms with Crippen molar-refractivity contribution in [2.75, 3.05) is 0 Å². The zero-order valence-corrected chi connectivity index (χ0v) is 9.89. The molecule has 1 aliphatic heterocycles. The molecule has 0 amide bonds. The minimum Gasteiger partial charge on any atom is -0.369 e. The van der Waals surface area contributed by atoms with E-state index in [1.165, 1.54) is 16.7 Å². The number of pyridine rings is 1. The van der Waals surface area contributed by atoms with Crippen LogP contribution in [0.5, 0.6) is 0 Å². The number of rotatable bonds is 2. The molecule has 0 N–H and O–H groups in total. The van der Waals surface area contributed by atoms with E-state index in [9.17, 15) is 0 Å². The average Bonchev–Trinajstić information content (AvgIpc) is 2.82. The predicted molar refractivity (Wildman–Crippen MR) is 67.5 cm³/mol. The summed E-state index contributed by atoms with van der Waals surface area (Å²) in [6.45, 7) is 2.87. The maximum Gasteiger partial charge on any atom is 0.0830 e. The molecule has 17 heavy (non-hydrogen) atoms. The Morgan fingerprint density at radius 3 is 2.94 bits per heavy atom. The second kappa shape index (κ2) is 4.30. The molecular formula is C15H15NO. The minimum atomic E-state index is 0.258. The second-order valence-corrected chi connectivity index (χ2v) is 4.30. The topological polar surface area (TPSA) is 22.1 Å². The highest BCUT2D eigenvalue weighted by molar-refractivity contribution is 5.66. The van der Waals surface area contributed by atoms with Gasteiger partial charge in [0.25, 0.3) is 0 Å². The number of benzene rings is 1. The lowest BCUT2D eigenvalue weighted by Crippen LogP contribution is -1.93. The van der Waals surface area contributed by atoms with Gasteiger partial charge in [-0.05, 0) is 29.7 Å². The second-order valence-electron chi connectivity index (χ2n) is 4.30. The number of hydrogen-bond acceptors (Lipinski definition) is 2. The van der Waals surface area contributed by atoms with Crippen molar-refractivity contribution in [2.24, 2.45) is 0 Å². The SMILES string of the molecule is CCC1OCc2c(-c3ccccn3)cccc21. The first-order chi connectivity index (χ1) is 8.40. The molecule has 3 rings (SSSR count). The van der Waals surface area contributed by atoms with Gasteiger partial charge in [0.1, 0.15) is 0 Å². The summed E-state index contributed by atoms with van der Waals surface area (Å²) in [4.78, 5) is 4.42. The number of nitrogens with zero attached hydrogens (tertiary/aromatic N) is 1. The van der Waals surface area contributed by atoms with Crippen molar-refractivity contribution in [3.05, 3.63) is 53.7 Å². The number of fused-ring (bicyclic) bond motifs is 1. The van der Waals surface area contributed by atoms with Crippen LogP contribution in [0.4, 0.5) is 0 Å². The first kappa shape index (κ1) is 10.5. The molecule has 1 aromatic heterocycles. The standard InChI is InChI=1S/C15H15NO/c1-2-15-12-7-5-6-11(13(12)10-17-15)14-8-3-4-9-16-14/h3-9,15H,2,10H2,1H3. The first-order valence-corrected chi connectivity index (χ1v) is 6.05. The summed E-state index contributed by atoms with van der Waals surface area (Å²) in [5, 5.41) is 0. The highest BCUT2D eigenvalue weighted by Crippen LogP contribution is 2.37. The molecule has 86 valence electrons. The van der Waals surface area contributed by atoms with Gasteiger partial charge >= 0.3 is 0 Å². The Morgan fingerprint density at radius 2 is 2.18 bits per heavy atom. The van der Waals surface area contributed by atoms with Crippen molar-refractivity contribution in [3.63, 3.8) is 0 Å². The summed E-state index contributed by atoms with van der Waals surface area (Å²) >= 11 is 0. The number of hydrogen-bond donors (Lipinski definition) is 0. The predicted octanol–water partition coefficient (Wildman–Crippen LogP) is 3.73.